The molecule has 0 aromatic carbocycles. The molecule has 1 saturated carbocycles. The van der Waals surface area contributed by atoms with Crippen LogP contribution in [-0.2, 0) is 4.74 Å². The molecule has 0 aromatic heterocycles. The van der Waals surface area contributed by atoms with E-state index >= 15 is 0 Å². The Labute approximate surface area is 85.0 Å². The Bertz CT molecular complexity index is 223. The third-order valence-electron chi connectivity index (χ3n) is 2.64. The molecule has 4 nitrogen and oxygen atoms in total. The largest absolute Gasteiger partial charge is 0.394 e. The van der Waals surface area contributed by atoms with Gasteiger partial charge in [0.2, 0.25) is 0 Å². The molecule has 5 atom stereocenters. The number of aliphatic hydroxyl groups is 3. The van der Waals surface area contributed by atoms with Crippen LogP contribution >= 0.6 is 23.2 Å². The average Bonchev–Trinajstić information content (AvgIpc) is 2.61. The maximum Gasteiger partial charge on any atom is 0.152 e. The lowest BCUT2D eigenvalue weighted by Gasteiger charge is -2.29. The second-order valence-corrected chi connectivity index (χ2v) is 4.90. The van der Waals surface area contributed by atoms with Crippen LogP contribution in [0.4, 0.5) is 0 Å². The number of ether oxygens (including phenoxy) is 1. The fourth-order valence-electron chi connectivity index (χ4n) is 1.76. The smallest absolute Gasteiger partial charge is 0.152 e. The van der Waals surface area contributed by atoms with Crippen molar-refractivity contribution >= 4 is 23.2 Å². The molecule has 0 bridgehead atoms. The van der Waals surface area contributed by atoms with Crippen LogP contribution in [-0.4, -0.2) is 50.7 Å². The molecule has 2 fully saturated rings. The van der Waals surface area contributed by atoms with Gasteiger partial charge in [-0.25, -0.2) is 0 Å². The zero-order chi connectivity index (χ0) is 9.80. The van der Waals surface area contributed by atoms with Gasteiger partial charge in [0, 0.05) is 0 Å². The quantitative estimate of drug-likeness (QED) is 0.518. The molecule has 6 heteroatoms. The minimum Gasteiger partial charge on any atom is -0.394 e. The summed E-state index contributed by atoms with van der Waals surface area (Å²) in [6.45, 7) is -0.356. The van der Waals surface area contributed by atoms with E-state index in [4.69, 9.17) is 33.0 Å². The van der Waals surface area contributed by atoms with Gasteiger partial charge in [-0.1, -0.05) is 23.2 Å². The highest BCUT2D eigenvalue weighted by Crippen LogP contribution is 2.60. The van der Waals surface area contributed by atoms with E-state index in [1.54, 1.807) is 0 Å². The van der Waals surface area contributed by atoms with Crippen LogP contribution in [0.1, 0.15) is 0 Å². The maximum absolute atomic E-state index is 9.52. The first-order valence-corrected chi connectivity index (χ1v) is 4.76. The molecule has 13 heavy (non-hydrogen) atoms. The highest BCUT2D eigenvalue weighted by molar-refractivity contribution is 6.51. The van der Waals surface area contributed by atoms with Gasteiger partial charge in [-0.3, -0.25) is 0 Å². The molecule has 0 unspecified atom stereocenters. The summed E-state index contributed by atoms with van der Waals surface area (Å²) < 4.78 is 4.06. The number of alkyl halides is 2. The van der Waals surface area contributed by atoms with E-state index in [1.165, 1.54) is 0 Å². The predicted molar refractivity (Wildman–Crippen MR) is 45.7 cm³/mol. The number of fused-ring (bicyclic) bond motifs is 1. The Balaban J connectivity index is 2.13. The Kier molecular flexibility index (Phi) is 2.26. The number of hydrogen-bond acceptors (Lipinski definition) is 4. The summed E-state index contributed by atoms with van der Waals surface area (Å²) in [4.78, 5) is 0. The minimum atomic E-state index is -1.12. The molecule has 1 heterocycles. The van der Waals surface area contributed by atoms with E-state index in [0.29, 0.717) is 0 Å². The highest BCUT2D eigenvalue weighted by Gasteiger charge is 2.72. The zero-order valence-corrected chi connectivity index (χ0v) is 8.11. The highest BCUT2D eigenvalue weighted by atomic mass is 35.5. The van der Waals surface area contributed by atoms with Crippen molar-refractivity contribution in [3.05, 3.63) is 0 Å². The summed E-state index contributed by atoms with van der Waals surface area (Å²) >= 11 is 11.6. The van der Waals surface area contributed by atoms with Crippen molar-refractivity contribution in [3.8, 4) is 0 Å². The molecule has 1 aliphatic carbocycles. The maximum atomic E-state index is 9.52. The van der Waals surface area contributed by atoms with Crippen molar-refractivity contribution in [1.29, 1.82) is 0 Å². The van der Waals surface area contributed by atoms with Crippen LogP contribution in [0.25, 0.3) is 0 Å². The average molecular weight is 229 g/mol. The lowest BCUT2D eigenvalue weighted by Crippen LogP contribution is -2.47. The second kappa shape index (κ2) is 2.95. The Morgan fingerprint density at radius 1 is 1.23 bits per heavy atom. The van der Waals surface area contributed by atoms with Gasteiger partial charge in [0.15, 0.2) is 4.33 Å². The molecule has 2 aliphatic rings. The van der Waals surface area contributed by atoms with Crippen LogP contribution in [0.2, 0.25) is 0 Å². The van der Waals surface area contributed by atoms with E-state index in [1.807, 2.05) is 0 Å². The van der Waals surface area contributed by atoms with Gasteiger partial charge in [-0.15, -0.1) is 0 Å². The van der Waals surface area contributed by atoms with E-state index in [-0.39, 0.29) is 6.61 Å². The summed E-state index contributed by atoms with van der Waals surface area (Å²) in [6.07, 6.45) is -3.42. The molecule has 0 spiro atoms. The number of rotatable bonds is 1. The molecule has 76 valence electrons. The van der Waals surface area contributed by atoms with Gasteiger partial charge in [0.25, 0.3) is 0 Å². The fraction of sp³-hybridized carbons (Fsp3) is 1.00. The summed E-state index contributed by atoms with van der Waals surface area (Å²) in [5, 5.41) is 27.7. The molecule has 0 amide bonds. The molecule has 1 aliphatic heterocycles. The standard InChI is InChI=1S/C7H10Cl2O4/c8-7(9)3-5(12)4(11)2(1-10)13-6(3)7/h2-6,10-12H,1H2/t2-,3-,4+,5-,6+/m1/s1. The van der Waals surface area contributed by atoms with Crippen molar-refractivity contribution in [2.45, 2.75) is 28.7 Å². The van der Waals surface area contributed by atoms with E-state index < -0.39 is 34.7 Å². The topological polar surface area (TPSA) is 69.9 Å². The van der Waals surface area contributed by atoms with Gasteiger partial charge in [0.1, 0.15) is 12.2 Å². The van der Waals surface area contributed by atoms with Gasteiger partial charge >= 0.3 is 0 Å². The second-order valence-electron chi connectivity index (χ2n) is 3.46. The van der Waals surface area contributed by atoms with Crippen molar-refractivity contribution in [2.24, 2.45) is 5.92 Å². The molecule has 1 saturated heterocycles. The monoisotopic (exact) mass is 228 g/mol. The van der Waals surface area contributed by atoms with E-state index in [0.717, 1.165) is 0 Å². The number of hydrogen-bond donors (Lipinski definition) is 3. The van der Waals surface area contributed by atoms with Gasteiger partial charge < -0.3 is 20.1 Å². The Hall–Kier alpha value is 0.420. The van der Waals surface area contributed by atoms with Gasteiger partial charge in [-0.05, 0) is 0 Å². The van der Waals surface area contributed by atoms with Crippen LogP contribution in [0.5, 0.6) is 0 Å². The minimum absolute atomic E-state index is 0.356. The summed E-state index contributed by atoms with van der Waals surface area (Å²) in [5.74, 6) is -0.450. The van der Waals surface area contributed by atoms with Crippen molar-refractivity contribution in [1.82, 2.24) is 0 Å². The zero-order valence-electron chi connectivity index (χ0n) is 6.60. The first kappa shape index (κ1) is 9.96. The van der Waals surface area contributed by atoms with Gasteiger partial charge in [-0.2, -0.15) is 0 Å². The SMILES string of the molecule is OC[C@H]1O[C@H]2[C@@H]([C@@H](O)[C@H]1O)C2(Cl)Cl. The Morgan fingerprint density at radius 3 is 2.38 bits per heavy atom. The third kappa shape index (κ3) is 1.28. The van der Waals surface area contributed by atoms with Crippen molar-refractivity contribution < 1.29 is 20.1 Å². The number of aliphatic hydroxyl groups excluding tert-OH is 3. The lowest BCUT2D eigenvalue weighted by molar-refractivity contribution is -0.152. The normalized spacial score (nSPS) is 52.8. The molecule has 3 N–H and O–H groups in total. The lowest BCUT2D eigenvalue weighted by atomic mass is 10.0. The predicted octanol–water partition coefficient (Wildman–Crippen LogP) is -0.728. The van der Waals surface area contributed by atoms with Crippen molar-refractivity contribution in [3.63, 3.8) is 0 Å². The van der Waals surface area contributed by atoms with Crippen LogP contribution in [0.15, 0.2) is 0 Å². The van der Waals surface area contributed by atoms with Crippen LogP contribution < -0.4 is 0 Å². The fourth-order valence-corrected chi connectivity index (χ4v) is 2.49. The molecular weight excluding hydrogens is 219 g/mol. The van der Waals surface area contributed by atoms with Crippen LogP contribution in [0.3, 0.4) is 0 Å². The first-order chi connectivity index (χ1) is 6.00. The van der Waals surface area contributed by atoms with E-state index in [9.17, 15) is 10.2 Å². The van der Waals surface area contributed by atoms with Gasteiger partial charge in [0.05, 0.1) is 24.7 Å². The third-order valence-corrected chi connectivity index (χ3v) is 3.58. The molecule has 0 radical (unpaired) electrons. The van der Waals surface area contributed by atoms with Crippen LogP contribution in [0, 0.1) is 5.92 Å². The van der Waals surface area contributed by atoms with E-state index in [2.05, 4.69) is 0 Å². The molecule has 2 rings (SSSR count). The first-order valence-electron chi connectivity index (χ1n) is 4.00. The van der Waals surface area contributed by atoms with Crippen molar-refractivity contribution in [2.75, 3.05) is 6.61 Å². The summed E-state index contributed by atoms with van der Waals surface area (Å²) in [5.41, 5.74) is 0. The number of halogens is 2. The summed E-state index contributed by atoms with van der Waals surface area (Å²) in [6, 6.07) is 0. The molecule has 0 aromatic rings. The molecular formula is C7H10Cl2O4. The summed E-state index contributed by atoms with van der Waals surface area (Å²) in [7, 11) is 0. The Morgan fingerprint density at radius 2 is 1.85 bits per heavy atom.